The molecule has 6 heteroatoms. The van der Waals surface area contributed by atoms with Crippen molar-refractivity contribution in [3.05, 3.63) is 70.3 Å². The molecule has 0 bridgehead atoms. The van der Waals surface area contributed by atoms with Crippen molar-refractivity contribution in [2.45, 2.75) is 19.0 Å². The number of hydrogen-bond donors (Lipinski definition) is 1. The van der Waals surface area contributed by atoms with Crippen LogP contribution in [0.25, 0.3) is 10.9 Å². The second-order valence-electron chi connectivity index (χ2n) is 5.97. The molecule has 0 amide bonds. The van der Waals surface area contributed by atoms with Crippen molar-refractivity contribution in [1.82, 2.24) is 9.55 Å². The Morgan fingerprint density at radius 3 is 2.80 bits per heavy atom. The molecule has 3 aromatic rings. The highest BCUT2D eigenvalue weighted by atomic mass is 16.5. The Balaban J connectivity index is 1.75. The van der Waals surface area contributed by atoms with Crippen LogP contribution in [0.1, 0.15) is 28.6 Å². The average Bonchev–Trinajstić information content (AvgIpc) is 3.05. The molecule has 1 aliphatic heterocycles. The maximum absolute atomic E-state index is 12.7. The molecule has 25 heavy (non-hydrogen) atoms. The highest BCUT2D eigenvalue weighted by Gasteiger charge is 2.27. The first kappa shape index (κ1) is 15.4. The lowest BCUT2D eigenvalue weighted by atomic mass is 10.1. The second kappa shape index (κ2) is 6.05. The number of rotatable bonds is 3. The zero-order chi connectivity index (χ0) is 17.4. The molecule has 2 heterocycles. The number of ether oxygens (including phenoxy) is 1. The summed E-state index contributed by atoms with van der Waals surface area (Å²) < 4.78 is 6.55. The van der Waals surface area contributed by atoms with Gasteiger partial charge in [0.05, 0.1) is 29.6 Å². The number of nitrogens with zero attached hydrogens (tertiary/aromatic N) is 2. The highest BCUT2D eigenvalue weighted by Crippen LogP contribution is 2.29. The van der Waals surface area contributed by atoms with E-state index in [2.05, 4.69) is 10.3 Å². The van der Waals surface area contributed by atoms with Crippen molar-refractivity contribution in [3.8, 4) is 0 Å². The van der Waals surface area contributed by atoms with Crippen LogP contribution in [0.5, 0.6) is 0 Å². The molecular weight excluding hydrogens is 318 g/mol. The van der Waals surface area contributed by atoms with Crippen molar-refractivity contribution in [3.63, 3.8) is 0 Å². The molecule has 1 aliphatic rings. The van der Waals surface area contributed by atoms with E-state index in [4.69, 9.17) is 4.74 Å². The normalized spacial score (nSPS) is 15.8. The third kappa shape index (κ3) is 2.55. The Bertz CT molecular complexity index is 1030. The van der Waals surface area contributed by atoms with E-state index in [-0.39, 0.29) is 11.6 Å². The van der Waals surface area contributed by atoms with Gasteiger partial charge in [-0.1, -0.05) is 24.3 Å². The van der Waals surface area contributed by atoms with Crippen LogP contribution in [0.4, 0.5) is 5.69 Å². The molecular formula is C19H17N3O3. The summed E-state index contributed by atoms with van der Waals surface area (Å²) in [6, 6.07) is 14.4. The number of hydrogen-bond acceptors (Lipinski definition) is 5. The lowest BCUT2D eigenvalue weighted by Crippen LogP contribution is -2.22. The van der Waals surface area contributed by atoms with Crippen LogP contribution in [-0.4, -0.2) is 22.6 Å². The van der Waals surface area contributed by atoms with Crippen molar-refractivity contribution in [2.75, 3.05) is 12.4 Å². The van der Waals surface area contributed by atoms with Gasteiger partial charge in [0, 0.05) is 12.2 Å². The van der Waals surface area contributed by atoms with Gasteiger partial charge in [0.25, 0.3) is 5.56 Å². The first-order valence-electron chi connectivity index (χ1n) is 8.12. The van der Waals surface area contributed by atoms with Gasteiger partial charge in [0.15, 0.2) is 0 Å². The van der Waals surface area contributed by atoms with Crippen LogP contribution in [-0.2, 0) is 11.3 Å². The maximum atomic E-state index is 12.7. The smallest absolute Gasteiger partial charge is 0.339 e. The predicted molar refractivity (Wildman–Crippen MR) is 94.8 cm³/mol. The molecule has 0 unspecified atom stereocenters. The van der Waals surface area contributed by atoms with Crippen molar-refractivity contribution in [2.24, 2.45) is 0 Å². The van der Waals surface area contributed by atoms with Crippen LogP contribution in [0, 0.1) is 0 Å². The van der Waals surface area contributed by atoms with Crippen LogP contribution in [0.3, 0.4) is 0 Å². The summed E-state index contributed by atoms with van der Waals surface area (Å²) in [5.41, 5.74) is 1.81. The average molecular weight is 335 g/mol. The first-order valence-corrected chi connectivity index (χ1v) is 8.12. The molecule has 1 atom stereocenters. The van der Waals surface area contributed by atoms with Gasteiger partial charge in [0.2, 0.25) is 0 Å². The van der Waals surface area contributed by atoms with Gasteiger partial charge in [-0.25, -0.2) is 9.78 Å². The summed E-state index contributed by atoms with van der Waals surface area (Å²) in [4.78, 5) is 29.3. The standard InChI is InChI=1S/C19H17N3O3/c1-25-19(24)13-7-3-5-9-15(13)20-16-10-11-22-17(16)21-14-8-4-2-6-12(14)18(22)23/h2-9,16,20H,10-11H2,1H3/t16-/m0/s1. The zero-order valence-corrected chi connectivity index (χ0v) is 13.7. The van der Waals surface area contributed by atoms with Gasteiger partial charge in [-0.3, -0.25) is 9.36 Å². The summed E-state index contributed by atoms with van der Waals surface area (Å²) in [5, 5.41) is 3.98. The molecule has 2 aromatic carbocycles. The van der Waals surface area contributed by atoms with Crippen molar-refractivity contribution < 1.29 is 9.53 Å². The quantitative estimate of drug-likeness (QED) is 0.745. The van der Waals surface area contributed by atoms with E-state index in [0.717, 1.165) is 6.42 Å². The maximum Gasteiger partial charge on any atom is 0.339 e. The minimum absolute atomic E-state index is 0.0221. The van der Waals surface area contributed by atoms with Crippen LogP contribution in [0.2, 0.25) is 0 Å². The number of nitrogens with one attached hydrogen (secondary N) is 1. The number of benzene rings is 2. The number of carbonyl (C=O) groups excluding carboxylic acids is 1. The fraction of sp³-hybridized carbons (Fsp3) is 0.211. The van der Waals surface area contributed by atoms with Crippen LogP contribution < -0.4 is 10.9 Å². The van der Waals surface area contributed by atoms with E-state index < -0.39 is 5.97 Å². The third-order valence-corrected chi connectivity index (χ3v) is 4.51. The summed E-state index contributed by atoms with van der Waals surface area (Å²) in [6.07, 6.45) is 0.730. The number of methoxy groups -OCH3 is 1. The van der Waals surface area contributed by atoms with Gasteiger partial charge in [-0.2, -0.15) is 0 Å². The molecule has 0 radical (unpaired) electrons. The second-order valence-corrected chi connectivity index (χ2v) is 5.97. The van der Waals surface area contributed by atoms with Crippen molar-refractivity contribution in [1.29, 1.82) is 0 Å². The minimum atomic E-state index is -0.398. The number of anilines is 1. The van der Waals surface area contributed by atoms with Crippen LogP contribution in [0.15, 0.2) is 53.3 Å². The SMILES string of the molecule is COC(=O)c1ccccc1N[C@H]1CCn2c1nc1ccccc1c2=O. The first-order chi connectivity index (χ1) is 12.2. The molecule has 126 valence electrons. The topological polar surface area (TPSA) is 73.2 Å². The number of para-hydroxylation sites is 2. The fourth-order valence-electron chi connectivity index (χ4n) is 3.28. The van der Waals surface area contributed by atoms with E-state index in [1.54, 1.807) is 22.8 Å². The number of fused-ring (bicyclic) bond motifs is 2. The van der Waals surface area contributed by atoms with E-state index >= 15 is 0 Å². The molecule has 1 aromatic heterocycles. The molecule has 4 rings (SSSR count). The van der Waals surface area contributed by atoms with E-state index in [1.165, 1.54) is 7.11 Å². The van der Waals surface area contributed by atoms with Gasteiger partial charge in [0.1, 0.15) is 5.82 Å². The lowest BCUT2D eigenvalue weighted by Gasteiger charge is -2.16. The number of esters is 1. The predicted octanol–water partition coefficient (Wildman–Crippen LogP) is 2.74. The Kier molecular flexibility index (Phi) is 3.72. The molecule has 0 saturated heterocycles. The van der Waals surface area contributed by atoms with E-state index in [1.807, 2.05) is 30.3 Å². The molecule has 1 N–H and O–H groups in total. The van der Waals surface area contributed by atoms with Gasteiger partial charge >= 0.3 is 5.97 Å². The molecule has 6 nitrogen and oxygen atoms in total. The molecule has 0 fully saturated rings. The fourth-order valence-corrected chi connectivity index (χ4v) is 3.28. The molecule has 0 saturated carbocycles. The monoisotopic (exact) mass is 335 g/mol. The zero-order valence-electron chi connectivity index (χ0n) is 13.7. The lowest BCUT2D eigenvalue weighted by molar-refractivity contribution is 0.0602. The Hall–Kier alpha value is -3.15. The van der Waals surface area contributed by atoms with E-state index in [9.17, 15) is 9.59 Å². The Morgan fingerprint density at radius 2 is 1.96 bits per heavy atom. The molecule has 0 aliphatic carbocycles. The largest absolute Gasteiger partial charge is 0.465 e. The summed E-state index contributed by atoms with van der Waals surface area (Å²) >= 11 is 0. The van der Waals surface area contributed by atoms with Gasteiger partial charge in [-0.05, 0) is 30.7 Å². The summed E-state index contributed by atoms with van der Waals surface area (Å²) in [7, 11) is 1.36. The summed E-state index contributed by atoms with van der Waals surface area (Å²) in [5.74, 6) is 0.299. The van der Waals surface area contributed by atoms with Crippen molar-refractivity contribution >= 4 is 22.6 Å². The van der Waals surface area contributed by atoms with Gasteiger partial charge in [-0.15, -0.1) is 0 Å². The van der Waals surface area contributed by atoms with Gasteiger partial charge < -0.3 is 10.1 Å². The third-order valence-electron chi connectivity index (χ3n) is 4.51. The van der Waals surface area contributed by atoms with Crippen LogP contribution >= 0.6 is 0 Å². The van der Waals surface area contributed by atoms with E-state index in [0.29, 0.717) is 34.5 Å². The minimum Gasteiger partial charge on any atom is -0.465 e. The Labute approximate surface area is 144 Å². The number of carbonyl (C=O) groups is 1. The number of aromatic nitrogens is 2. The Morgan fingerprint density at radius 1 is 1.20 bits per heavy atom. The summed E-state index contributed by atoms with van der Waals surface area (Å²) in [6.45, 7) is 0.601. The molecule has 0 spiro atoms. The highest BCUT2D eigenvalue weighted by molar-refractivity contribution is 5.95.